The van der Waals surface area contributed by atoms with Gasteiger partial charge in [0.2, 0.25) is 0 Å². The third-order valence-corrected chi connectivity index (χ3v) is 9.09. The second-order valence-electron chi connectivity index (χ2n) is 13.5. The first kappa shape index (κ1) is 43.1. The highest BCUT2D eigenvalue weighted by molar-refractivity contribution is 5.74. The van der Waals surface area contributed by atoms with E-state index < -0.39 is 17.4 Å². The van der Waals surface area contributed by atoms with E-state index in [1.807, 2.05) is 6.92 Å². The van der Waals surface area contributed by atoms with E-state index in [2.05, 4.69) is 20.8 Å². The summed E-state index contributed by atoms with van der Waals surface area (Å²) in [5, 5.41) is 18.3. The van der Waals surface area contributed by atoms with Crippen LogP contribution in [0.3, 0.4) is 0 Å². The Morgan fingerprint density at radius 3 is 1.00 bits per heavy atom. The minimum Gasteiger partial charge on any atom is -0.481 e. The Balaban J connectivity index is 0. The number of carbonyl (C=O) groups is 2. The molecule has 0 amide bonds. The second-order valence-corrected chi connectivity index (χ2v) is 13.5. The van der Waals surface area contributed by atoms with Gasteiger partial charge >= 0.3 is 11.9 Å². The maximum atomic E-state index is 11.8. The van der Waals surface area contributed by atoms with Crippen molar-refractivity contribution in [2.45, 2.75) is 221 Å². The number of aliphatic carboxylic acids is 2. The quantitative estimate of drug-likeness (QED) is 0.0780. The number of hydrogen-bond donors (Lipinski definition) is 2. The largest absolute Gasteiger partial charge is 0.481 e. The normalized spacial score (nSPS) is 13.3. The molecular weight excluding hydrogens is 520 g/mol. The third-order valence-electron chi connectivity index (χ3n) is 9.09. The van der Waals surface area contributed by atoms with Gasteiger partial charge in [-0.1, -0.05) is 195 Å². The Bertz CT molecular complexity index is 575. The molecule has 0 fully saturated rings. The van der Waals surface area contributed by atoms with E-state index in [1.54, 1.807) is 6.92 Å². The number of hydrogen-bond acceptors (Lipinski definition) is 2. The molecule has 0 aromatic rings. The molecule has 2 unspecified atom stereocenters. The number of unbranched alkanes of at least 4 members (excludes halogenated alkanes) is 23. The van der Waals surface area contributed by atoms with E-state index in [1.165, 1.54) is 148 Å². The Morgan fingerprint density at radius 1 is 0.476 bits per heavy atom. The van der Waals surface area contributed by atoms with Gasteiger partial charge in [0, 0.05) is 0 Å². The zero-order valence-corrected chi connectivity index (χ0v) is 29.3. The van der Waals surface area contributed by atoms with Crippen molar-refractivity contribution in [3.63, 3.8) is 0 Å². The van der Waals surface area contributed by atoms with Gasteiger partial charge in [0.1, 0.15) is 0 Å². The fourth-order valence-electron chi connectivity index (χ4n) is 5.70. The van der Waals surface area contributed by atoms with Gasteiger partial charge < -0.3 is 10.2 Å². The first-order chi connectivity index (χ1) is 20.2. The lowest BCUT2D eigenvalue weighted by molar-refractivity contribution is -0.149. The molecule has 0 rings (SSSR count). The zero-order chi connectivity index (χ0) is 31.7. The van der Waals surface area contributed by atoms with Crippen LogP contribution in [0.2, 0.25) is 0 Å². The van der Waals surface area contributed by atoms with Crippen molar-refractivity contribution in [2.75, 3.05) is 0 Å². The molecule has 0 saturated heterocycles. The molecule has 0 bridgehead atoms. The van der Waals surface area contributed by atoms with Gasteiger partial charge in [-0.05, 0) is 26.2 Å². The number of rotatable bonds is 31. The average Bonchev–Trinajstić information content (AvgIpc) is 2.97. The number of carboxylic acid groups (broad SMARTS) is 2. The summed E-state index contributed by atoms with van der Waals surface area (Å²) in [5.41, 5.74) is -0.498. The van der Waals surface area contributed by atoms with Crippen molar-refractivity contribution in [1.29, 1.82) is 0 Å². The van der Waals surface area contributed by atoms with Gasteiger partial charge in [-0.2, -0.15) is 0 Å². The van der Waals surface area contributed by atoms with Gasteiger partial charge in [0.15, 0.2) is 0 Å². The molecule has 0 spiro atoms. The molecule has 2 N–H and O–H groups in total. The lowest BCUT2D eigenvalue weighted by Gasteiger charge is -2.24. The molecule has 0 heterocycles. The summed E-state index contributed by atoms with van der Waals surface area (Å²) >= 11 is 0. The maximum absolute atomic E-state index is 11.8. The Kier molecular flexibility index (Phi) is 33.7. The van der Waals surface area contributed by atoms with Crippen LogP contribution in [0.1, 0.15) is 221 Å². The molecule has 0 aliphatic carbocycles. The topological polar surface area (TPSA) is 74.6 Å². The van der Waals surface area contributed by atoms with Crippen molar-refractivity contribution < 1.29 is 19.8 Å². The maximum Gasteiger partial charge on any atom is 0.309 e. The van der Waals surface area contributed by atoms with Gasteiger partial charge in [-0.25, -0.2) is 0 Å². The van der Waals surface area contributed by atoms with Crippen molar-refractivity contribution in [3.05, 3.63) is 0 Å². The van der Waals surface area contributed by atoms with Crippen molar-refractivity contribution >= 4 is 11.9 Å². The van der Waals surface area contributed by atoms with E-state index in [9.17, 15) is 14.7 Å². The molecule has 252 valence electrons. The summed E-state index contributed by atoms with van der Waals surface area (Å²) in [7, 11) is 0. The van der Waals surface area contributed by atoms with Crippen LogP contribution in [0.25, 0.3) is 0 Å². The smallest absolute Gasteiger partial charge is 0.309 e. The highest BCUT2D eigenvalue weighted by atomic mass is 16.4. The van der Waals surface area contributed by atoms with Crippen LogP contribution in [0, 0.1) is 11.3 Å². The summed E-state index contributed by atoms with van der Waals surface area (Å²) in [6.45, 7) is 10.5. The molecule has 42 heavy (non-hydrogen) atoms. The van der Waals surface area contributed by atoms with Crippen molar-refractivity contribution in [2.24, 2.45) is 11.3 Å². The van der Waals surface area contributed by atoms with Crippen LogP contribution >= 0.6 is 0 Å². The molecular formula is C38H76O4. The molecule has 0 aliphatic heterocycles. The molecule has 4 heteroatoms. The monoisotopic (exact) mass is 597 g/mol. The highest BCUT2D eigenvalue weighted by Crippen LogP contribution is 2.32. The number of carboxylic acids is 2. The van der Waals surface area contributed by atoms with Crippen molar-refractivity contribution in [3.8, 4) is 0 Å². The zero-order valence-electron chi connectivity index (χ0n) is 29.3. The van der Waals surface area contributed by atoms with Crippen LogP contribution in [-0.2, 0) is 9.59 Å². The second kappa shape index (κ2) is 32.8. The fourth-order valence-corrected chi connectivity index (χ4v) is 5.70. The Hall–Kier alpha value is -1.06. The minimum absolute atomic E-state index is 0.161. The highest BCUT2D eigenvalue weighted by Gasteiger charge is 2.31. The van der Waals surface area contributed by atoms with Gasteiger partial charge in [0.05, 0.1) is 11.3 Å². The van der Waals surface area contributed by atoms with E-state index in [4.69, 9.17) is 5.11 Å². The van der Waals surface area contributed by atoms with E-state index in [0.717, 1.165) is 38.5 Å². The SMILES string of the molecule is CCCCCCCCCC(C)C(=O)O.CCCCCCCCCCCCCCC(C)(CCCCCCCCC)C(=O)O. The summed E-state index contributed by atoms with van der Waals surface area (Å²) in [4.78, 5) is 22.3. The Morgan fingerprint density at radius 2 is 0.738 bits per heavy atom. The lowest BCUT2D eigenvalue weighted by atomic mass is 9.80. The van der Waals surface area contributed by atoms with E-state index in [-0.39, 0.29) is 5.92 Å². The van der Waals surface area contributed by atoms with Crippen LogP contribution < -0.4 is 0 Å². The summed E-state index contributed by atoms with van der Waals surface area (Å²) < 4.78 is 0. The first-order valence-electron chi connectivity index (χ1n) is 18.7. The molecule has 2 atom stereocenters. The van der Waals surface area contributed by atoms with E-state index >= 15 is 0 Å². The summed E-state index contributed by atoms with van der Waals surface area (Å²) in [6, 6.07) is 0. The molecule has 0 aromatic carbocycles. The van der Waals surface area contributed by atoms with Crippen molar-refractivity contribution in [1.82, 2.24) is 0 Å². The van der Waals surface area contributed by atoms with Crippen LogP contribution in [0.4, 0.5) is 0 Å². The summed E-state index contributed by atoms with van der Waals surface area (Å²) in [6.07, 6.45) is 36.2. The molecule has 0 radical (unpaired) electrons. The predicted molar refractivity (Wildman–Crippen MR) is 183 cm³/mol. The minimum atomic E-state index is -0.656. The van der Waals surface area contributed by atoms with Gasteiger partial charge in [0.25, 0.3) is 0 Å². The molecule has 0 aromatic heterocycles. The molecule has 0 saturated carbocycles. The van der Waals surface area contributed by atoms with Gasteiger partial charge in [-0.3, -0.25) is 9.59 Å². The van der Waals surface area contributed by atoms with Crippen LogP contribution in [0.15, 0.2) is 0 Å². The third kappa shape index (κ3) is 30.4. The average molecular weight is 597 g/mol. The lowest BCUT2D eigenvalue weighted by Crippen LogP contribution is -2.27. The van der Waals surface area contributed by atoms with Crippen LogP contribution in [-0.4, -0.2) is 22.2 Å². The first-order valence-corrected chi connectivity index (χ1v) is 18.7. The molecule has 0 aliphatic rings. The standard InChI is InChI=1S/C26H52O2.C12H24O2/c1-4-6-8-10-12-13-14-15-16-18-20-22-24-26(3,25(27)28)23-21-19-17-11-9-7-5-2;1-3-4-5-6-7-8-9-10-11(2)12(13)14/h4-24H2,1-3H3,(H,27,28);11H,3-10H2,1-2H3,(H,13,14). The molecule has 4 nitrogen and oxygen atoms in total. The van der Waals surface area contributed by atoms with E-state index in [0.29, 0.717) is 0 Å². The predicted octanol–water partition coefficient (Wildman–Crippen LogP) is 13.2. The Labute approximate surface area is 263 Å². The fraction of sp³-hybridized carbons (Fsp3) is 0.947. The summed E-state index contributed by atoms with van der Waals surface area (Å²) in [5.74, 6) is -1.40. The van der Waals surface area contributed by atoms with Crippen LogP contribution in [0.5, 0.6) is 0 Å². The van der Waals surface area contributed by atoms with Gasteiger partial charge in [-0.15, -0.1) is 0 Å².